The van der Waals surface area contributed by atoms with Crippen molar-refractivity contribution >= 4 is 21.7 Å². The second kappa shape index (κ2) is 6.93. The molecule has 0 unspecified atom stereocenters. The quantitative estimate of drug-likeness (QED) is 0.446. The molecule has 0 amide bonds. The Kier molecular flexibility index (Phi) is 4.48. The summed E-state index contributed by atoms with van der Waals surface area (Å²) in [4.78, 5) is 3.55. The van der Waals surface area contributed by atoms with Gasteiger partial charge in [0.15, 0.2) is 0 Å². The lowest BCUT2D eigenvalue weighted by Gasteiger charge is -2.10. The summed E-state index contributed by atoms with van der Waals surface area (Å²) in [5, 5.41) is 3.45. The molecule has 0 spiro atoms. The smallest absolute Gasteiger partial charge is 0.123 e. The van der Waals surface area contributed by atoms with Gasteiger partial charge < -0.3 is 10.7 Å². The molecule has 26 heavy (non-hydrogen) atoms. The Hall–Kier alpha value is -2.65. The molecule has 3 N–H and O–H groups in total. The van der Waals surface area contributed by atoms with Gasteiger partial charge in [-0.1, -0.05) is 36.4 Å². The number of aryl methyl sites for hydroxylation is 2. The van der Waals surface area contributed by atoms with E-state index in [2.05, 4.69) is 48.3 Å². The highest BCUT2D eigenvalue weighted by atomic mass is 19.1. The molecule has 0 saturated carbocycles. The molecule has 132 valence electrons. The first-order valence-corrected chi connectivity index (χ1v) is 9.18. The first-order valence-electron chi connectivity index (χ1n) is 9.18. The van der Waals surface area contributed by atoms with Crippen LogP contribution in [-0.2, 0) is 6.42 Å². The van der Waals surface area contributed by atoms with Crippen LogP contribution in [0, 0.1) is 12.7 Å². The summed E-state index contributed by atoms with van der Waals surface area (Å²) in [6.45, 7) is 2.81. The minimum absolute atomic E-state index is 0.197. The van der Waals surface area contributed by atoms with Crippen molar-refractivity contribution in [2.24, 2.45) is 5.73 Å². The van der Waals surface area contributed by atoms with E-state index in [1.54, 1.807) is 6.07 Å². The van der Waals surface area contributed by atoms with E-state index in [0.29, 0.717) is 6.54 Å². The summed E-state index contributed by atoms with van der Waals surface area (Å²) < 4.78 is 13.9. The highest BCUT2D eigenvalue weighted by Crippen LogP contribution is 2.36. The monoisotopic (exact) mass is 346 g/mol. The Balaban J connectivity index is 1.96. The number of fused-ring (bicyclic) bond motifs is 2. The van der Waals surface area contributed by atoms with Crippen molar-refractivity contribution in [3.05, 3.63) is 71.5 Å². The van der Waals surface area contributed by atoms with Crippen molar-refractivity contribution in [2.45, 2.75) is 26.2 Å². The second-order valence-electron chi connectivity index (χ2n) is 6.89. The van der Waals surface area contributed by atoms with Gasteiger partial charge in [-0.2, -0.15) is 0 Å². The Bertz CT molecular complexity index is 1080. The molecule has 0 aliphatic rings. The van der Waals surface area contributed by atoms with E-state index in [1.165, 1.54) is 33.5 Å². The molecule has 0 aliphatic heterocycles. The predicted molar refractivity (Wildman–Crippen MR) is 108 cm³/mol. The number of unbranched alkanes of at least 4 members (excludes halogenated alkanes) is 1. The summed E-state index contributed by atoms with van der Waals surface area (Å²) in [7, 11) is 0. The van der Waals surface area contributed by atoms with E-state index in [1.807, 2.05) is 6.07 Å². The average Bonchev–Trinajstić information content (AvgIpc) is 3.00. The largest absolute Gasteiger partial charge is 0.354 e. The number of aromatic nitrogens is 1. The highest BCUT2D eigenvalue weighted by molar-refractivity contribution is 6.01. The van der Waals surface area contributed by atoms with Crippen LogP contribution >= 0.6 is 0 Å². The van der Waals surface area contributed by atoms with Gasteiger partial charge in [-0.15, -0.1) is 0 Å². The molecule has 4 aromatic rings. The zero-order chi connectivity index (χ0) is 18.1. The first-order chi connectivity index (χ1) is 12.7. The van der Waals surface area contributed by atoms with Crippen molar-refractivity contribution in [2.75, 3.05) is 6.54 Å². The van der Waals surface area contributed by atoms with Gasteiger partial charge in [-0.3, -0.25) is 0 Å². The minimum atomic E-state index is -0.197. The summed E-state index contributed by atoms with van der Waals surface area (Å²) in [6.07, 6.45) is 2.85. The minimum Gasteiger partial charge on any atom is -0.354 e. The normalized spacial score (nSPS) is 11.5. The molecule has 1 heterocycles. The van der Waals surface area contributed by atoms with Gasteiger partial charge in [-0.25, -0.2) is 4.39 Å². The SMILES string of the molecule is Cc1ccc(-c2[nH]c3ccc(F)cc3c2CCCCN)c2ccccc12. The van der Waals surface area contributed by atoms with E-state index in [4.69, 9.17) is 5.73 Å². The standard InChI is InChI=1S/C23H23FN2/c1-15-9-11-20(18-7-3-2-6-17(15)18)23-19(8-4-5-13-25)21-14-16(24)10-12-22(21)26-23/h2-3,6-7,9-12,14,26H,4-5,8,13,25H2,1H3. The number of nitrogens with two attached hydrogens (primary N) is 1. The predicted octanol–water partition coefficient (Wildman–Crippen LogP) is 5.72. The first kappa shape index (κ1) is 16.8. The zero-order valence-electron chi connectivity index (χ0n) is 15.0. The molecule has 0 atom stereocenters. The third-order valence-electron chi connectivity index (χ3n) is 5.16. The number of nitrogens with one attached hydrogen (secondary N) is 1. The Morgan fingerprint density at radius 3 is 2.54 bits per heavy atom. The lowest BCUT2D eigenvalue weighted by atomic mass is 9.94. The van der Waals surface area contributed by atoms with Crippen LogP contribution in [0.3, 0.4) is 0 Å². The van der Waals surface area contributed by atoms with Crippen LogP contribution in [0.25, 0.3) is 32.9 Å². The van der Waals surface area contributed by atoms with Gasteiger partial charge in [0.2, 0.25) is 0 Å². The van der Waals surface area contributed by atoms with Crippen molar-refractivity contribution < 1.29 is 4.39 Å². The summed E-state index contributed by atoms with van der Waals surface area (Å²) in [6, 6.07) is 17.8. The maximum absolute atomic E-state index is 13.9. The van der Waals surface area contributed by atoms with Gasteiger partial charge >= 0.3 is 0 Å². The fourth-order valence-corrected chi connectivity index (χ4v) is 3.82. The molecular formula is C23H23FN2. The van der Waals surface area contributed by atoms with Crippen molar-refractivity contribution in [3.8, 4) is 11.3 Å². The molecule has 4 rings (SSSR count). The van der Waals surface area contributed by atoms with E-state index in [-0.39, 0.29) is 5.82 Å². The van der Waals surface area contributed by atoms with Crippen LogP contribution in [0.1, 0.15) is 24.0 Å². The summed E-state index contributed by atoms with van der Waals surface area (Å²) in [5.74, 6) is -0.197. The molecular weight excluding hydrogens is 323 g/mol. The molecule has 3 aromatic carbocycles. The second-order valence-corrected chi connectivity index (χ2v) is 6.89. The third-order valence-corrected chi connectivity index (χ3v) is 5.16. The third kappa shape index (κ3) is 2.89. The van der Waals surface area contributed by atoms with Gasteiger partial charge in [0.05, 0.1) is 5.69 Å². The van der Waals surface area contributed by atoms with Crippen molar-refractivity contribution in [1.29, 1.82) is 0 Å². The van der Waals surface area contributed by atoms with E-state index < -0.39 is 0 Å². The summed E-state index contributed by atoms with van der Waals surface area (Å²) in [5.41, 5.74) is 11.4. The average molecular weight is 346 g/mol. The van der Waals surface area contributed by atoms with Gasteiger partial charge in [0.25, 0.3) is 0 Å². The van der Waals surface area contributed by atoms with E-state index in [0.717, 1.165) is 35.9 Å². The fourth-order valence-electron chi connectivity index (χ4n) is 3.82. The zero-order valence-corrected chi connectivity index (χ0v) is 15.0. The molecule has 0 aliphatic carbocycles. The van der Waals surface area contributed by atoms with Crippen LogP contribution in [0.5, 0.6) is 0 Å². The highest BCUT2D eigenvalue weighted by Gasteiger charge is 2.16. The van der Waals surface area contributed by atoms with Crippen LogP contribution in [0.2, 0.25) is 0 Å². The Labute approximate surface area is 152 Å². The molecule has 0 fully saturated rings. The summed E-state index contributed by atoms with van der Waals surface area (Å²) >= 11 is 0. The molecule has 3 heteroatoms. The lowest BCUT2D eigenvalue weighted by molar-refractivity contribution is 0.629. The number of hydrogen-bond donors (Lipinski definition) is 2. The molecule has 2 nitrogen and oxygen atoms in total. The number of aromatic amines is 1. The Morgan fingerprint density at radius 2 is 1.73 bits per heavy atom. The van der Waals surface area contributed by atoms with Crippen LogP contribution < -0.4 is 5.73 Å². The molecule has 0 bridgehead atoms. The Morgan fingerprint density at radius 1 is 0.923 bits per heavy atom. The number of hydrogen-bond acceptors (Lipinski definition) is 1. The van der Waals surface area contributed by atoms with Gasteiger partial charge in [-0.05, 0) is 72.8 Å². The maximum atomic E-state index is 13.9. The van der Waals surface area contributed by atoms with Crippen LogP contribution in [-0.4, -0.2) is 11.5 Å². The van der Waals surface area contributed by atoms with Crippen molar-refractivity contribution in [1.82, 2.24) is 4.98 Å². The topological polar surface area (TPSA) is 41.8 Å². The number of halogens is 1. The fraction of sp³-hybridized carbons (Fsp3) is 0.217. The van der Waals surface area contributed by atoms with Crippen LogP contribution in [0.15, 0.2) is 54.6 Å². The molecule has 1 aromatic heterocycles. The number of rotatable bonds is 5. The maximum Gasteiger partial charge on any atom is 0.123 e. The number of benzene rings is 3. The molecule has 0 radical (unpaired) electrons. The van der Waals surface area contributed by atoms with Gasteiger partial charge in [0.1, 0.15) is 5.82 Å². The van der Waals surface area contributed by atoms with E-state index in [9.17, 15) is 4.39 Å². The molecule has 0 saturated heterocycles. The van der Waals surface area contributed by atoms with Gasteiger partial charge in [0, 0.05) is 16.5 Å². The lowest BCUT2D eigenvalue weighted by Crippen LogP contribution is -1.99. The number of H-pyrrole nitrogens is 1. The van der Waals surface area contributed by atoms with E-state index >= 15 is 0 Å². The van der Waals surface area contributed by atoms with Crippen molar-refractivity contribution in [3.63, 3.8) is 0 Å². The van der Waals surface area contributed by atoms with Crippen LogP contribution in [0.4, 0.5) is 4.39 Å².